The maximum absolute atomic E-state index is 11.8. The van der Waals surface area contributed by atoms with Gasteiger partial charge in [0.25, 0.3) is 0 Å². The monoisotopic (exact) mass is 314 g/mol. The molecule has 23 heavy (non-hydrogen) atoms. The van der Waals surface area contributed by atoms with Crippen molar-refractivity contribution in [3.63, 3.8) is 0 Å². The number of hydrogen-bond acceptors (Lipinski definition) is 6. The van der Waals surface area contributed by atoms with Gasteiger partial charge < -0.3 is 10.2 Å². The van der Waals surface area contributed by atoms with Gasteiger partial charge in [-0.05, 0) is 25.0 Å². The molecule has 1 saturated heterocycles. The number of aromatic nitrogens is 3. The van der Waals surface area contributed by atoms with Gasteiger partial charge in [-0.3, -0.25) is 14.7 Å². The molecule has 0 spiro atoms. The molecule has 3 heterocycles. The van der Waals surface area contributed by atoms with Gasteiger partial charge in [0.15, 0.2) is 5.65 Å². The summed E-state index contributed by atoms with van der Waals surface area (Å²) in [6, 6.07) is 4.25. The third-order valence-corrected chi connectivity index (χ3v) is 4.13. The van der Waals surface area contributed by atoms with Gasteiger partial charge in [-0.15, -0.1) is 0 Å². The Hall–Kier alpha value is -2.28. The molecule has 7 heteroatoms. The zero-order chi connectivity index (χ0) is 16.2. The fourth-order valence-corrected chi connectivity index (χ4v) is 2.71. The van der Waals surface area contributed by atoms with Crippen molar-refractivity contribution in [2.75, 3.05) is 39.0 Å². The summed E-state index contributed by atoms with van der Waals surface area (Å²) in [5.74, 6) is 0.993. The molecular formula is C16H22N6O. The molecule has 3 rings (SSSR count). The summed E-state index contributed by atoms with van der Waals surface area (Å²) < 4.78 is 0. The highest BCUT2D eigenvalue weighted by atomic mass is 16.2. The van der Waals surface area contributed by atoms with E-state index in [1.54, 1.807) is 31.4 Å². The van der Waals surface area contributed by atoms with Crippen LogP contribution in [-0.4, -0.2) is 70.4 Å². The molecule has 0 unspecified atom stereocenters. The third-order valence-electron chi connectivity index (χ3n) is 4.13. The second-order valence-electron chi connectivity index (χ2n) is 6.08. The zero-order valence-corrected chi connectivity index (χ0v) is 13.6. The number of pyridine rings is 1. The van der Waals surface area contributed by atoms with Gasteiger partial charge >= 0.3 is 0 Å². The lowest BCUT2D eigenvalue weighted by Gasteiger charge is -2.32. The summed E-state index contributed by atoms with van der Waals surface area (Å²) >= 11 is 0. The molecule has 0 atom stereocenters. The molecule has 1 amide bonds. The van der Waals surface area contributed by atoms with Gasteiger partial charge in [0, 0.05) is 45.6 Å². The minimum Gasteiger partial charge on any atom is -0.367 e. The van der Waals surface area contributed by atoms with Crippen LogP contribution in [-0.2, 0) is 4.79 Å². The first kappa shape index (κ1) is 15.6. The number of carbonyl (C=O) groups is 1. The summed E-state index contributed by atoms with van der Waals surface area (Å²) in [4.78, 5) is 28.6. The van der Waals surface area contributed by atoms with Crippen molar-refractivity contribution >= 4 is 22.9 Å². The van der Waals surface area contributed by atoms with Crippen LogP contribution in [0.4, 0.5) is 5.82 Å². The second-order valence-corrected chi connectivity index (χ2v) is 6.08. The lowest BCUT2D eigenvalue weighted by atomic mass is 10.1. The van der Waals surface area contributed by atoms with Crippen molar-refractivity contribution in [1.82, 2.24) is 24.8 Å². The molecule has 1 aliphatic rings. The van der Waals surface area contributed by atoms with Crippen LogP contribution in [0.25, 0.3) is 11.2 Å². The maximum atomic E-state index is 11.8. The molecule has 0 aromatic carbocycles. The van der Waals surface area contributed by atoms with Crippen LogP contribution in [0.15, 0.2) is 24.5 Å². The van der Waals surface area contributed by atoms with Crippen LogP contribution >= 0.6 is 0 Å². The minimum atomic E-state index is 0.158. The maximum Gasteiger partial charge on any atom is 0.236 e. The number of piperidine rings is 1. The quantitative estimate of drug-likeness (QED) is 0.907. The number of hydrogen-bond donors (Lipinski definition) is 1. The summed E-state index contributed by atoms with van der Waals surface area (Å²) in [7, 11) is 3.59. The van der Waals surface area contributed by atoms with Crippen molar-refractivity contribution in [3.05, 3.63) is 24.5 Å². The number of carbonyl (C=O) groups excluding carboxylic acids is 1. The van der Waals surface area contributed by atoms with Crippen LogP contribution in [0.1, 0.15) is 12.8 Å². The Bertz CT molecular complexity index is 681. The molecule has 2 aromatic rings. The first-order valence-electron chi connectivity index (χ1n) is 7.88. The van der Waals surface area contributed by atoms with E-state index in [1.165, 1.54) is 0 Å². The van der Waals surface area contributed by atoms with E-state index < -0.39 is 0 Å². The van der Waals surface area contributed by atoms with E-state index in [0.29, 0.717) is 18.2 Å². The Labute approximate surface area is 135 Å². The van der Waals surface area contributed by atoms with E-state index in [-0.39, 0.29) is 5.91 Å². The zero-order valence-electron chi connectivity index (χ0n) is 13.6. The lowest BCUT2D eigenvalue weighted by molar-refractivity contribution is -0.130. The molecule has 1 aliphatic heterocycles. The molecule has 1 N–H and O–H groups in total. The first-order chi connectivity index (χ1) is 11.1. The first-order valence-corrected chi connectivity index (χ1v) is 7.88. The number of amides is 1. The topological polar surface area (TPSA) is 74.2 Å². The van der Waals surface area contributed by atoms with E-state index in [9.17, 15) is 4.79 Å². The number of fused-ring (bicyclic) bond motifs is 1. The summed E-state index contributed by atoms with van der Waals surface area (Å²) in [5.41, 5.74) is 1.46. The van der Waals surface area contributed by atoms with Crippen LogP contribution in [0.3, 0.4) is 0 Å². The van der Waals surface area contributed by atoms with Crippen molar-refractivity contribution in [1.29, 1.82) is 0 Å². The van der Waals surface area contributed by atoms with Gasteiger partial charge in [-0.2, -0.15) is 0 Å². The number of nitrogens with one attached hydrogen (secondary N) is 1. The van der Waals surface area contributed by atoms with Crippen LogP contribution in [0.2, 0.25) is 0 Å². The van der Waals surface area contributed by atoms with Gasteiger partial charge in [-0.1, -0.05) is 0 Å². The number of rotatable bonds is 4. The molecule has 122 valence electrons. The van der Waals surface area contributed by atoms with Crippen molar-refractivity contribution in [2.45, 2.75) is 18.9 Å². The summed E-state index contributed by atoms with van der Waals surface area (Å²) in [5, 5.41) is 3.47. The number of likely N-dealkylation sites (N-methyl/N-ethyl adjacent to an activating group) is 1. The van der Waals surface area contributed by atoms with E-state index in [0.717, 1.165) is 37.3 Å². The molecule has 7 nitrogen and oxygen atoms in total. The molecule has 1 fully saturated rings. The van der Waals surface area contributed by atoms with Gasteiger partial charge in [0.05, 0.1) is 6.54 Å². The van der Waals surface area contributed by atoms with Crippen molar-refractivity contribution < 1.29 is 4.79 Å². The van der Waals surface area contributed by atoms with E-state index in [4.69, 9.17) is 0 Å². The SMILES string of the molecule is CN(C)C(=O)CN1CCC(Nc2ccc3nccnc3n2)CC1. The predicted molar refractivity (Wildman–Crippen MR) is 89.1 cm³/mol. The minimum absolute atomic E-state index is 0.158. The Balaban J connectivity index is 1.54. The molecule has 0 aliphatic carbocycles. The Morgan fingerprint density at radius 1 is 1.26 bits per heavy atom. The average molecular weight is 314 g/mol. The number of likely N-dealkylation sites (tertiary alicyclic amines) is 1. The number of anilines is 1. The lowest BCUT2D eigenvalue weighted by Crippen LogP contribution is -2.44. The Kier molecular flexibility index (Phi) is 4.66. The second kappa shape index (κ2) is 6.87. The largest absolute Gasteiger partial charge is 0.367 e. The van der Waals surface area contributed by atoms with Gasteiger partial charge in [0.1, 0.15) is 11.3 Å². The van der Waals surface area contributed by atoms with Crippen LogP contribution < -0.4 is 5.32 Å². The standard InChI is InChI=1S/C16H22N6O/c1-21(2)15(23)11-22-9-5-12(6-10-22)19-14-4-3-13-16(20-14)18-8-7-17-13/h3-4,7-8,12H,5-6,9-11H2,1-2H3,(H,18,19,20). The smallest absolute Gasteiger partial charge is 0.236 e. The van der Waals surface area contributed by atoms with Gasteiger partial charge in [-0.25, -0.2) is 9.97 Å². The normalized spacial score (nSPS) is 16.4. The molecule has 2 aromatic heterocycles. The van der Waals surface area contributed by atoms with Crippen molar-refractivity contribution in [2.24, 2.45) is 0 Å². The summed E-state index contributed by atoms with van der Waals surface area (Å²) in [6.45, 7) is 2.35. The Morgan fingerprint density at radius 3 is 2.74 bits per heavy atom. The van der Waals surface area contributed by atoms with E-state index >= 15 is 0 Å². The fourth-order valence-electron chi connectivity index (χ4n) is 2.71. The van der Waals surface area contributed by atoms with E-state index in [2.05, 4.69) is 25.2 Å². The predicted octanol–water partition coefficient (Wildman–Crippen LogP) is 0.989. The fraction of sp³-hybridized carbons (Fsp3) is 0.500. The molecule has 0 radical (unpaired) electrons. The van der Waals surface area contributed by atoms with Crippen LogP contribution in [0, 0.1) is 0 Å². The number of nitrogens with zero attached hydrogens (tertiary/aromatic N) is 5. The van der Waals surface area contributed by atoms with Crippen molar-refractivity contribution in [3.8, 4) is 0 Å². The Morgan fingerprint density at radius 2 is 2.00 bits per heavy atom. The molecule has 0 bridgehead atoms. The van der Waals surface area contributed by atoms with Gasteiger partial charge in [0.2, 0.25) is 5.91 Å². The molecular weight excluding hydrogens is 292 g/mol. The highest BCUT2D eigenvalue weighted by Crippen LogP contribution is 2.17. The van der Waals surface area contributed by atoms with E-state index in [1.807, 2.05) is 12.1 Å². The average Bonchev–Trinajstić information content (AvgIpc) is 2.56. The highest BCUT2D eigenvalue weighted by molar-refractivity contribution is 5.77. The summed E-state index contributed by atoms with van der Waals surface area (Å²) in [6.07, 6.45) is 5.32. The third kappa shape index (κ3) is 3.92. The highest BCUT2D eigenvalue weighted by Gasteiger charge is 2.21. The molecule has 0 saturated carbocycles. The van der Waals surface area contributed by atoms with Crippen LogP contribution in [0.5, 0.6) is 0 Å².